The first-order valence-corrected chi connectivity index (χ1v) is 8.34. The van der Waals surface area contributed by atoms with Gasteiger partial charge in [-0.1, -0.05) is 29.8 Å². The fourth-order valence-corrected chi connectivity index (χ4v) is 2.88. The van der Waals surface area contributed by atoms with Crippen molar-refractivity contribution in [1.29, 1.82) is 0 Å². The molecule has 0 saturated carbocycles. The van der Waals surface area contributed by atoms with Gasteiger partial charge in [0.1, 0.15) is 9.84 Å². The summed E-state index contributed by atoms with van der Waals surface area (Å²) in [4.78, 5) is 0. The van der Waals surface area contributed by atoms with Crippen LogP contribution in [0.5, 0.6) is 0 Å². The quantitative estimate of drug-likeness (QED) is 0.821. The van der Waals surface area contributed by atoms with E-state index in [1.54, 1.807) is 0 Å². The largest absolute Gasteiger partial charge is 0.319 e. The van der Waals surface area contributed by atoms with Crippen LogP contribution in [-0.4, -0.2) is 34.0 Å². The first kappa shape index (κ1) is 15.2. The maximum Gasteiger partial charge on any atom is 0.147 e. The third-order valence-corrected chi connectivity index (χ3v) is 3.97. The van der Waals surface area contributed by atoms with Crippen LogP contribution in [0.1, 0.15) is 17.5 Å². The Bertz CT molecular complexity index is 468. The van der Waals surface area contributed by atoms with Gasteiger partial charge < -0.3 is 5.32 Å². The van der Waals surface area contributed by atoms with Gasteiger partial charge in [-0.15, -0.1) is 0 Å². The molecule has 0 aliphatic carbocycles. The van der Waals surface area contributed by atoms with Gasteiger partial charge in [0.15, 0.2) is 0 Å². The van der Waals surface area contributed by atoms with Crippen LogP contribution in [0.25, 0.3) is 0 Å². The van der Waals surface area contributed by atoms with Crippen molar-refractivity contribution < 1.29 is 8.42 Å². The van der Waals surface area contributed by atoms with Crippen LogP contribution in [0, 0.1) is 12.8 Å². The van der Waals surface area contributed by atoms with E-state index in [9.17, 15) is 8.42 Å². The van der Waals surface area contributed by atoms with E-state index in [2.05, 4.69) is 36.5 Å². The minimum Gasteiger partial charge on any atom is -0.319 e. The topological polar surface area (TPSA) is 46.2 Å². The Morgan fingerprint density at radius 1 is 1.33 bits per heavy atom. The zero-order chi connectivity index (χ0) is 13.6. The highest BCUT2D eigenvalue weighted by molar-refractivity contribution is 7.90. The van der Waals surface area contributed by atoms with Gasteiger partial charge in [-0.25, -0.2) is 8.42 Å². The van der Waals surface area contributed by atoms with Crippen molar-refractivity contribution in [3.05, 3.63) is 35.4 Å². The summed E-state index contributed by atoms with van der Waals surface area (Å²) in [7, 11) is -0.959. The summed E-state index contributed by atoms with van der Waals surface area (Å²) >= 11 is 0. The molecule has 0 aliphatic rings. The van der Waals surface area contributed by atoms with E-state index < -0.39 is 9.84 Å². The van der Waals surface area contributed by atoms with Gasteiger partial charge in [0, 0.05) is 6.26 Å². The Kier molecular flexibility index (Phi) is 5.82. The lowest BCUT2D eigenvalue weighted by Gasteiger charge is -2.16. The number of nitrogens with one attached hydrogen (secondary N) is 1. The number of aryl methyl sites for hydroxylation is 1. The number of hydrogen-bond acceptors (Lipinski definition) is 3. The number of rotatable bonds is 7. The zero-order valence-electron chi connectivity index (χ0n) is 11.4. The van der Waals surface area contributed by atoms with Crippen molar-refractivity contribution in [3.8, 4) is 0 Å². The van der Waals surface area contributed by atoms with Crippen LogP contribution < -0.4 is 5.32 Å². The minimum absolute atomic E-state index is 0.269. The fourth-order valence-electron chi connectivity index (χ4n) is 2.12. The molecule has 0 aromatic heterocycles. The molecule has 1 aromatic rings. The molecular weight excluding hydrogens is 246 g/mol. The van der Waals surface area contributed by atoms with Crippen molar-refractivity contribution in [2.45, 2.75) is 19.8 Å². The number of benzene rings is 1. The smallest absolute Gasteiger partial charge is 0.147 e. The van der Waals surface area contributed by atoms with Gasteiger partial charge in [0.05, 0.1) is 5.75 Å². The van der Waals surface area contributed by atoms with Crippen molar-refractivity contribution in [2.75, 3.05) is 25.6 Å². The highest BCUT2D eigenvalue weighted by Gasteiger charge is 2.12. The SMILES string of the molecule is CNCC(CCS(C)(=O)=O)Cc1cccc(C)c1. The van der Waals surface area contributed by atoms with E-state index in [0.29, 0.717) is 12.3 Å². The first-order valence-electron chi connectivity index (χ1n) is 6.28. The van der Waals surface area contributed by atoms with Crippen molar-refractivity contribution in [3.63, 3.8) is 0 Å². The highest BCUT2D eigenvalue weighted by atomic mass is 32.2. The predicted octanol–water partition coefficient (Wildman–Crippen LogP) is 1.81. The molecule has 1 atom stereocenters. The number of sulfone groups is 1. The molecule has 1 aromatic carbocycles. The molecule has 0 heterocycles. The summed E-state index contributed by atoms with van der Waals surface area (Å²) in [6.07, 6.45) is 2.95. The summed E-state index contributed by atoms with van der Waals surface area (Å²) in [5.41, 5.74) is 2.53. The van der Waals surface area contributed by atoms with E-state index in [1.807, 2.05) is 7.05 Å². The monoisotopic (exact) mass is 269 g/mol. The first-order chi connectivity index (χ1) is 8.40. The molecule has 3 nitrogen and oxygen atoms in total. The van der Waals surface area contributed by atoms with E-state index in [4.69, 9.17) is 0 Å². The lowest BCUT2D eigenvalue weighted by molar-refractivity contribution is 0.478. The Labute approximate surface area is 111 Å². The second-order valence-electron chi connectivity index (χ2n) is 5.04. The van der Waals surface area contributed by atoms with E-state index in [1.165, 1.54) is 17.4 Å². The van der Waals surface area contributed by atoms with Crippen LogP contribution >= 0.6 is 0 Å². The lowest BCUT2D eigenvalue weighted by Crippen LogP contribution is -2.23. The molecule has 4 heteroatoms. The zero-order valence-corrected chi connectivity index (χ0v) is 12.3. The molecule has 0 spiro atoms. The Morgan fingerprint density at radius 3 is 2.61 bits per heavy atom. The average molecular weight is 269 g/mol. The molecule has 0 bridgehead atoms. The molecule has 0 amide bonds. The highest BCUT2D eigenvalue weighted by Crippen LogP contribution is 2.14. The molecule has 1 unspecified atom stereocenters. The van der Waals surface area contributed by atoms with Crippen molar-refractivity contribution in [2.24, 2.45) is 5.92 Å². The fraction of sp³-hybridized carbons (Fsp3) is 0.571. The second kappa shape index (κ2) is 6.90. The van der Waals surface area contributed by atoms with Crippen LogP contribution in [0.2, 0.25) is 0 Å². The molecule has 102 valence electrons. The summed E-state index contributed by atoms with van der Waals surface area (Å²) in [6.45, 7) is 2.93. The van der Waals surface area contributed by atoms with Crippen LogP contribution in [0.4, 0.5) is 0 Å². The van der Waals surface area contributed by atoms with Crippen LogP contribution in [0.3, 0.4) is 0 Å². The molecule has 1 rings (SSSR count). The van der Waals surface area contributed by atoms with E-state index in [-0.39, 0.29) is 5.75 Å². The maximum atomic E-state index is 11.2. The van der Waals surface area contributed by atoms with Gasteiger partial charge in [-0.2, -0.15) is 0 Å². The van der Waals surface area contributed by atoms with Crippen LogP contribution in [-0.2, 0) is 16.3 Å². The van der Waals surface area contributed by atoms with E-state index >= 15 is 0 Å². The third-order valence-electron chi connectivity index (χ3n) is 3.00. The molecule has 1 N–H and O–H groups in total. The van der Waals surface area contributed by atoms with E-state index in [0.717, 1.165) is 13.0 Å². The van der Waals surface area contributed by atoms with Crippen molar-refractivity contribution in [1.82, 2.24) is 5.32 Å². The minimum atomic E-state index is -2.87. The standard InChI is InChI=1S/C14H23NO2S/c1-12-5-4-6-13(9-12)10-14(11-15-2)7-8-18(3,16)17/h4-6,9,14-15H,7-8,10-11H2,1-3H3. The summed E-state index contributed by atoms with van der Waals surface area (Å²) in [6, 6.07) is 8.41. The Balaban J connectivity index is 2.62. The molecule has 0 radical (unpaired) electrons. The van der Waals surface area contributed by atoms with Crippen molar-refractivity contribution >= 4 is 9.84 Å². The maximum absolute atomic E-state index is 11.2. The second-order valence-corrected chi connectivity index (χ2v) is 7.30. The van der Waals surface area contributed by atoms with Crippen LogP contribution in [0.15, 0.2) is 24.3 Å². The summed E-state index contributed by atoms with van der Waals surface area (Å²) in [5, 5.41) is 3.14. The molecule has 0 fully saturated rings. The van der Waals surface area contributed by atoms with Gasteiger partial charge in [-0.05, 0) is 44.8 Å². The predicted molar refractivity (Wildman–Crippen MR) is 76.6 cm³/mol. The lowest BCUT2D eigenvalue weighted by atomic mass is 9.96. The molecule has 18 heavy (non-hydrogen) atoms. The van der Waals surface area contributed by atoms with Gasteiger partial charge in [0.2, 0.25) is 0 Å². The molecule has 0 saturated heterocycles. The molecular formula is C14H23NO2S. The normalized spacial score (nSPS) is 13.5. The third kappa shape index (κ3) is 6.17. The number of hydrogen-bond donors (Lipinski definition) is 1. The Morgan fingerprint density at radius 2 is 2.06 bits per heavy atom. The average Bonchev–Trinajstić information content (AvgIpc) is 2.25. The van der Waals surface area contributed by atoms with Gasteiger partial charge >= 0.3 is 0 Å². The molecule has 0 aliphatic heterocycles. The Hall–Kier alpha value is -0.870. The van der Waals surface area contributed by atoms with Gasteiger partial charge in [-0.3, -0.25) is 0 Å². The van der Waals surface area contributed by atoms with Gasteiger partial charge in [0.25, 0.3) is 0 Å². The summed E-state index contributed by atoms with van der Waals surface area (Å²) in [5.74, 6) is 0.636. The summed E-state index contributed by atoms with van der Waals surface area (Å²) < 4.78 is 22.5.